The van der Waals surface area contributed by atoms with Crippen molar-refractivity contribution in [3.8, 4) is 0 Å². The molecular weight excluding hydrogens is 318 g/mol. The molecule has 1 N–H and O–H groups in total. The second kappa shape index (κ2) is 7.09. The first-order chi connectivity index (χ1) is 9.65. The van der Waals surface area contributed by atoms with E-state index in [-0.39, 0.29) is 0 Å². The van der Waals surface area contributed by atoms with E-state index >= 15 is 0 Å². The molecule has 4 nitrogen and oxygen atoms in total. The summed E-state index contributed by atoms with van der Waals surface area (Å²) in [7, 11) is 4.02. The van der Waals surface area contributed by atoms with Gasteiger partial charge in [-0.3, -0.25) is 4.68 Å². The largest absolute Gasteiger partial charge is 0.469 e. The summed E-state index contributed by atoms with van der Waals surface area (Å²) in [5.41, 5.74) is 2.38. The molecule has 0 saturated heterocycles. The van der Waals surface area contributed by atoms with E-state index in [4.69, 9.17) is 4.42 Å². The smallest absolute Gasteiger partial charge is 0.103 e. The molecule has 0 aliphatic carbocycles. The molecule has 110 valence electrons. The van der Waals surface area contributed by atoms with Gasteiger partial charge in [-0.15, -0.1) is 0 Å². The highest BCUT2D eigenvalue weighted by Gasteiger charge is 2.17. The molecule has 2 rings (SSSR count). The molecule has 0 bridgehead atoms. The lowest BCUT2D eigenvalue weighted by molar-refractivity contribution is 0.454. The fourth-order valence-corrected chi connectivity index (χ4v) is 3.17. The normalized spacial score (nSPS) is 12.8. The van der Waals surface area contributed by atoms with Crippen LogP contribution in [0.5, 0.6) is 0 Å². The topological polar surface area (TPSA) is 43.0 Å². The highest BCUT2D eigenvalue weighted by molar-refractivity contribution is 9.10. The Labute approximate surface area is 128 Å². The Kier molecular flexibility index (Phi) is 5.43. The van der Waals surface area contributed by atoms with Crippen molar-refractivity contribution in [2.45, 2.75) is 38.6 Å². The molecule has 2 aromatic heterocycles. The van der Waals surface area contributed by atoms with Crippen LogP contribution >= 0.6 is 15.9 Å². The van der Waals surface area contributed by atoms with Gasteiger partial charge in [-0.2, -0.15) is 5.10 Å². The molecule has 0 radical (unpaired) electrons. The van der Waals surface area contributed by atoms with Gasteiger partial charge in [0.25, 0.3) is 0 Å². The zero-order valence-electron chi connectivity index (χ0n) is 12.3. The highest BCUT2D eigenvalue weighted by Crippen LogP contribution is 2.23. The molecule has 1 unspecified atom stereocenters. The second-order valence-electron chi connectivity index (χ2n) is 4.99. The van der Waals surface area contributed by atoms with E-state index in [1.165, 1.54) is 5.69 Å². The van der Waals surface area contributed by atoms with Gasteiger partial charge in [0, 0.05) is 25.9 Å². The Morgan fingerprint density at radius 2 is 2.30 bits per heavy atom. The minimum atomic E-state index is 0.413. The van der Waals surface area contributed by atoms with Crippen molar-refractivity contribution < 1.29 is 4.42 Å². The van der Waals surface area contributed by atoms with Gasteiger partial charge < -0.3 is 9.73 Å². The molecule has 0 fully saturated rings. The van der Waals surface area contributed by atoms with Crippen LogP contribution in [0.15, 0.2) is 27.3 Å². The van der Waals surface area contributed by atoms with Crippen LogP contribution < -0.4 is 5.32 Å². The van der Waals surface area contributed by atoms with E-state index in [2.05, 4.69) is 33.3 Å². The van der Waals surface area contributed by atoms with Crippen molar-refractivity contribution in [3.63, 3.8) is 0 Å². The fourth-order valence-electron chi connectivity index (χ4n) is 2.39. The van der Waals surface area contributed by atoms with Crippen LogP contribution in [-0.4, -0.2) is 22.9 Å². The molecular formula is C15H22BrN3O. The fraction of sp³-hybridized carbons (Fsp3) is 0.533. The average Bonchev–Trinajstić information content (AvgIpc) is 3.05. The van der Waals surface area contributed by atoms with Gasteiger partial charge in [-0.25, -0.2) is 0 Å². The first-order valence-electron chi connectivity index (χ1n) is 7.05. The van der Waals surface area contributed by atoms with Crippen LogP contribution in [0, 0.1) is 0 Å². The Hall–Kier alpha value is -1.07. The minimum Gasteiger partial charge on any atom is -0.469 e. The van der Waals surface area contributed by atoms with Crippen LogP contribution in [0.4, 0.5) is 0 Å². The summed E-state index contributed by atoms with van der Waals surface area (Å²) in [6, 6.07) is 4.38. The van der Waals surface area contributed by atoms with E-state index in [1.54, 1.807) is 6.26 Å². The van der Waals surface area contributed by atoms with Crippen molar-refractivity contribution in [3.05, 3.63) is 40.0 Å². The molecule has 0 spiro atoms. The quantitative estimate of drug-likeness (QED) is 0.842. The number of nitrogens with zero attached hydrogens (tertiary/aromatic N) is 2. The first kappa shape index (κ1) is 15.3. The Morgan fingerprint density at radius 1 is 1.50 bits per heavy atom. The number of furan rings is 1. The van der Waals surface area contributed by atoms with Crippen molar-refractivity contribution in [1.82, 2.24) is 15.1 Å². The maximum atomic E-state index is 5.39. The van der Waals surface area contributed by atoms with E-state index in [1.807, 2.05) is 30.9 Å². The Bertz CT molecular complexity index is 534. The average molecular weight is 340 g/mol. The summed E-state index contributed by atoms with van der Waals surface area (Å²) in [6.45, 7) is 2.13. The van der Waals surface area contributed by atoms with E-state index in [0.717, 1.165) is 41.6 Å². The van der Waals surface area contributed by atoms with Gasteiger partial charge in [0.05, 0.1) is 22.1 Å². The molecule has 2 aromatic rings. The molecule has 1 atom stereocenters. The highest BCUT2D eigenvalue weighted by atomic mass is 79.9. The van der Waals surface area contributed by atoms with Gasteiger partial charge in [-0.05, 0) is 48.0 Å². The number of nitrogens with one attached hydrogen (secondary N) is 1. The molecule has 20 heavy (non-hydrogen) atoms. The van der Waals surface area contributed by atoms with Crippen LogP contribution in [0.3, 0.4) is 0 Å². The maximum Gasteiger partial charge on any atom is 0.103 e. The lowest BCUT2D eigenvalue weighted by Crippen LogP contribution is -2.29. The number of hydrogen-bond acceptors (Lipinski definition) is 3. The van der Waals surface area contributed by atoms with Crippen LogP contribution in [0.1, 0.15) is 30.5 Å². The molecule has 2 heterocycles. The molecule has 0 amide bonds. The Balaban J connectivity index is 2.00. The van der Waals surface area contributed by atoms with Gasteiger partial charge in [0.1, 0.15) is 5.76 Å². The molecule has 0 aliphatic rings. The van der Waals surface area contributed by atoms with E-state index < -0.39 is 0 Å². The standard InChI is InChI=1S/C15H22BrN3O/c1-4-13-15(16)14(19(3)18-13)10-11(17-2)7-8-12-6-5-9-20-12/h5-6,9,11,17H,4,7-8,10H2,1-3H3. The second-order valence-corrected chi connectivity index (χ2v) is 5.79. The lowest BCUT2D eigenvalue weighted by Gasteiger charge is -2.16. The van der Waals surface area contributed by atoms with Crippen molar-refractivity contribution >= 4 is 15.9 Å². The summed E-state index contributed by atoms with van der Waals surface area (Å²) < 4.78 is 8.53. The number of aryl methyl sites for hydroxylation is 3. The minimum absolute atomic E-state index is 0.413. The first-order valence-corrected chi connectivity index (χ1v) is 7.84. The Morgan fingerprint density at radius 3 is 2.85 bits per heavy atom. The van der Waals surface area contributed by atoms with Crippen molar-refractivity contribution in [1.29, 1.82) is 0 Å². The third-order valence-corrected chi connectivity index (χ3v) is 4.59. The number of halogens is 1. The lowest BCUT2D eigenvalue weighted by atomic mass is 10.0. The molecule has 5 heteroatoms. The summed E-state index contributed by atoms with van der Waals surface area (Å²) in [6.07, 6.45) is 5.64. The number of hydrogen-bond donors (Lipinski definition) is 1. The van der Waals surface area contributed by atoms with E-state index in [0.29, 0.717) is 6.04 Å². The molecule has 0 aliphatic heterocycles. The van der Waals surface area contributed by atoms with Crippen LogP contribution in [0.25, 0.3) is 0 Å². The number of rotatable bonds is 7. The zero-order valence-corrected chi connectivity index (χ0v) is 13.9. The molecule has 0 saturated carbocycles. The maximum absolute atomic E-state index is 5.39. The third kappa shape index (κ3) is 3.52. The van der Waals surface area contributed by atoms with Crippen molar-refractivity contribution in [2.75, 3.05) is 7.05 Å². The van der Waals surface area contributed by atoms with Crippen LogP contribution in [0.2, 0.25) is 0 Å². The predicted molar refractivity (Wildman–Crippen MR) is 83.9 cm³/mol. The van der Waals surface area contributed by atoms with Gasteiger partial charge in [-0.1, -0.05) is 6.92 Å². The van der Waals surface area contributed by atoms with E-state index in [9.17, 15) is 0 Å². The predicted octanol–water partition coefficient (Wildman–Crippen LogP) is 3.10. The number of likely N-dealkylation sites (N-methyl/N-ethyl adjacent to an activating group) is 1. The third-order valence-electron chi connectivity index (χ3n) is 3.67. The summed E-state index contributed by atoms with van der Waals surface area (Å²) in [4.78, 5) is 0. The van der Waals surface area contributed by atoms with Gasteiger partial charge in [0.15, 0.2) is 0 Å². The van der Waals surface area contributed by atoms with Crippen LogP contribution in [-0.2, 0) is 26.3 Å². The van der Waals surface area contributed by atoms with Gasteiger partial charge in [0.2, 0.25) is 0 Å². The monoisotopic (exact) mass is 339 g/mol. The SMILES string of the molecule is CCc1nn(C)c(CC(CCc2ccco2)NC)c1Br. The molecule has 0 aromatic carbocycles. The summed E-state index contributed by atoms with van der Waals surface area (Å²) >= 11 is 3.68. The summed E-state index contributed by atoms with van der Waals surface area (Å²) in [5, 5.41) is 7.94. The zero-order chi connectivity index (χ0) is 14.5. The van der Waals surface area contributed by atoms with Crippen molar-refractivity contribution in [2.24, 2.45) is 7.05 Å². The summed E-state index contributed by atoms with van der Waals surface area (Å²) in [5.74, 6) is 1.04. The number of aromatic nitrogens is 2. The van der Waals surface area contributed by atoms with Gasteiger partial charge >= 0.3 is 0 Å².